The van der Waals surface area contributed by atoms with E-state index in [1.54, 1.807) is 18.5 Å². The van der Waals surface area contributed by atoms with Crippen LogP contribution in [0.3, 0.4) is 0 Å². The molecule has 0 bridgehead atoms. The molecular weight excluding hydrogens is 228 g/mol. The molecule has 0 unspecified atom stereocenters. The first-order valence-electron chi connectivity index (χ1n) is 4.57. The first-order chi connectivity index (χ1) is 7.70. The predicted molar refractivity (Wildman–Crippen MR) is 59.4 cm³/mol. The molecule has 0 amide bonds. The van der Waals surface area contributed by atoms with Crippen LogP contribution in [0, 0.1) is 6.92 Å². The molecule has 0 atom stereocenters. The zero-order valence-electron chi connectivity index (χ0n) is 8.81. The second-order valence-corrected chi connectivity index (χ2v) is 3.42. The first kappa shape index (κ1) is 10.8. The van der Waals surface area contributed by atoms with Crippen molar-refractivity contribution in [1.82, 2.24) is 19.9 Å². The molecule has 0 N–H and O–H groups in total. The van der Waals surface area contributed by atoms with E-state index in [0.29, 0.717) is 17.3 Å². The van der Waals surface area contributed by atoms with Gasteiger partial charge in [0.1, 0.15) is 0 Å². The highest BCUT2D eigenvalue weighted by molar-refractivity contribution is 6.28. The first-order valence-corrected chi connectivity index (χ1v) is 4.95. The van der Waals surface area contributed by atoms with Crippen molar-refractivity contribution in [3.05, 3.63) is 29.4 Å². The molecular formula is C10H9ClN4O. The highest BCUT2D eigenvalue weighted by atomic mass is 35.5. The highest BCUT2D eigenvalue weighted by Crippen LogP contribution is 2.24. The lowest BCUT2D eigenvalue weighted by Crippen LogP contribution is -1.97. The summed E-state index contributed by atoms with van der Waals surface area (Å²) in [6.45, 7) is 1.83. The number of methoxy groups -OCH3 is 1. The zero-order chi connectivity index (χ0) is 11.5. The topological polar surface area (TPSA) is 60.8 Å². The summed E-state index contributed by atoms with van der Waals surface area (Å²) >= 11 is 5.78. The summed E-state index contributed by atoms with van der Waals surface area (Å²) in [5, 5.41) is 0.183. The maximum atomic E-state index is 5.78. The van der Waals surface area contributed by atoms with Crippen LogP contribution in [0.25, 0.3) is 11.4 Å². The molecule has 2 heterocycles. The van der Waals surface area contributed by atoms with Gasteiger partial charge in [0.25, 0.3) is 0 Å². The van der Waals surface area contributed by atoms with E-state index in [9.17, 15) is 0 Å². The van der Waals surface area contributed by atoms with Gasteiger partial charge in [-0.25, -0.2) is 19.9 Å². The Morgan fingerprint density at radius 3 is 2.62 bits per heavy atom. The Hall–Kier alpha value is -1.75. The molecule has 0 fully saturated rings. The fourth-order valence-corrected chi connectivity index (χ4v) is 1.53. The number of rotatable bonds is 2. The minimum Gasteiger partial charge on any atom is -0.479 e. The SMILES string of the molecule is COc1nccnc1-c1cc(C)nc(Cl)n1. The Labute approximate surface area is 97.5 Å². The third-order valence-electron chi connectivity index (χ3n) is 1.93. The molecule has 82 valence electrons. The number of hydrogen-bond acceptors (Lipinski definition) is 5. The van der Waals surface area contributed by atoms with E-state index in [2.05, 4.69) is 19.9 Å². The molecule has 16 heavy (non-hydrogen) atoms. The maximum Gasteiger partial charge on any atom is 0.241 e. The van der Waals surface area contributed by atoms with Gasteiger partial charge in [0.2, 0.25) is 11.2 Å². The quantitative estimate of drug-likeness (QED) is 0.746. The van der Waals surface area contributed by atoms with E-state index < -0.39 is 0 Å². The predicted octanol–water partition coefficient (Wildman–Crippen LogP) is 1.90. The van der Waals surface area contributed by atoms with Gasteiger partial charge in [0.05, 0.1) is 12.8 Å². The molecule has 0 saturated heterocycles. The van der Waals surface area contributed by atoms with Crippen LogP contribution in [0.1, 0.15) is 5.69 Å². The smallest absolute Gasteiger partial charge is 0.241 e. The summed E-state index contributed by atoms with van der Waals surface area (Å²) in [7, 11) is 1.53. The van der Waals surface area contributed by atoms with Gasteiger partial charge in [-0.3, -0.25) is 0 Å². The molecule has 0 radical (unpaired) electrons. The van der Waals surface area contributed by atoms with Crippen LogP contribution in [0.15, 0.2) is 18.5 Å². The molecule has 2 aromatic rings. The van der Waals surface area contributed by atoms with Gasteiger partial charge in [0, 0.05) is 18.1 Å². The van der Waals surface area contributed by atoms with E-state index in [-0.39, 0.29) is 5.28 Å². The largest absolute Gasteiger partial charge is 0.479 e. The third kappa shape index (κ3) is 2.09. The number of ether oxygens (including phenoxy) is 1. The van der Waals surface area contributed by atoms with E-state index in [0.717, 1.165) is 5.69 Å². The number of aryl methyl sites for hydroxylation is 1. The van der Waals surface area contributed by atoms with Gasteiger partial charge in [-0.15, -0.1) is 0 Å². The molecule has 2 rings (SSSR count). The summed E-state index contributed by atoms with van der Waals surface area (Å²) in [6.07, 6.45) is 3.13. The van der Waals surface area contributed by atoms with Crippen LogP contribution in [0.5, 0.6) is 5.88 Å². The van der Waals surface area contributed by atoms with Gasteiger partial charge >= 0.3 is 0 Å². The van der Waals surface area contributed by atoms with Crippen LogP contribution in [-0.4, -0.2) is 27.0 Å². The minimum absolute atomic E-state index is 0.183. The van der Waals surface area contributed by atoms with E-state index >= 15 is 0 Å². The van der Waals surface area contributed by atoms with Gasteiger partial charge in [-0.1, -0.05) is 0 Å². The van der Waals surface area contributed by atoms with Crippen molar-refractivity contribution in [2.75, 3.05) is 7.11 Å². The van der Waals surface area contributed by atoms with Crippen LogP contribution >= 0.6 is 11.6 Å². The molecule has 5 nitrogen and oxygen atoms in total. The summed E-state index contributed by atoms with van der Waals surface area (Å²) in [6, 6.07) is 1.78. The fraction of sp³-hybridized carbons (Fsp3) is 0.200. The van der Waals surface area contributed by atoms with Crippen molar-refractivity contribution in [3.8, 4) is 17.3 Å². The second kappa shape index (κ2) is 4.40. The lowest BCUT2D eigenvalue weighted by Gasteiger charge is -2.05. The monoisotopic (exact) mass is 236 g/mol. The van der Waals surface area contributed by atoms with Gasteiger partial charge in [-0.2, -0.15) is 0 Å². The van der Waals surface area contributed by atoms with Crippen molar-refractivity contribution in [3.63, 3.8) is 0 Å². The molecule has 0 saturated carbocycles. The summed E-state index contributed by atoms with van der Waals surface area (Å²) in [5.41, 5.74) is 1.92. The average molecular weight is 237 g/mol. The van der Waals surface area contributed by atoms with Gasteiger partial charge in [0.15, 0.2) is 5.69 Å². The van der Waals surface area contributed by atoms with Crippen LogP contribution in [0.4, 0.5) is 0 Å². The van der Waals surface area contributed by atoms with Crippen LogP contribution in [0.2, 0.25) is 5.28 Å². The minimum atomic E-state index is 0.183. The standard InChI is InChI=1S/C10H9ClN4O/c1-6-5-7(15-10(11)14-6)8-9(16-2)13-4-3-12-8/h3-5H,1-2H3. The molecule has 0 aliphatic heterocycles. The fourth-order valence-electron chi connectivity index (χ4n) is 1.30. The maximum absolute atomic E-state index is 5.78. The zero-order valence-corrected chi connectivity index (χ0v) is 9.56. The molecule has 2 aromatic heterocycles. The number of halogens is 1. The van der Waals surface area contributed by atoms with Gasteiger partial charge < -0.3 is 4.74 Å². The lowest BCUT2D eigenvalue weighted by atomic mass is 10.2. The summed E-state index contributed by atoms with van der Waals surface area (Å²) in [5.74, 6) is 0.414. The average Bonchev–Trinajstić information content (AvgIpc) is 2.27. The van der Waals surface area contributed by atoms with Crippen LogP contribution in [-0.2, 0) is 0 Å². The second-order valence-electron chi connectivity index (χ2n) is 3.08. The molecule has 0 aliphatic carbocycles. The Balaban J connectivity index is 2.58. The van der Waals surface area contributed by atoms with Crippen molar-refractivity contribution in [1.29, 1.82) is 0 Å². The number of nitrogens with zero attached hydrogens (tertiary/aromatic N) is 4. The molecule has 0 aliphatic rings. The lowest BCUT2D eigenvalue weighted by molar-refractivity contribution is 0.397. The molecule has 0 aromatic carbocycles. The van der Waals surface area contributed by atoms with E-state index in [1.807, 2.05) is 6.92 Å². The Morgan fingerprint density at radius 1 is 1.19 bits per heavy atom. The van der Waals surface area contributed by atoms with Crippen molar-refractivity contribution in [2.24, 2.45) is 0 Å². The van der Waals surface area contributed by atoms with E-state index in [4.69, 9.17) is 16.3 Å². The van der Waals surface area contributed by atoms with Gasteiger partial charge in [-0.05, 0) is 24.6 Å². The summed E-state index contributed by atoms with van der Waals surface area (Å²) < 4.78 is 5.10. The summed E-state index contributed by atoms with van der Waals surface area (Å²) in [4.78, 5) is 16.3. The Kier molecular flexibility index (Phi) is 2.96. The number of hydrogen-bond donors (Lipinski definition) is 0. The Bertz CT molecular complexity index is 498. The normalized spacial score (nSPS) is 10.2. The van der Waals surface area contributed by atoms with Crippen LogP contribution < -0.4 is 4.74 Å². The van der Waals surface area contributed by atoms with Crippen molar-refractivity contribution >= 4 is 11.6 Å². The molecule has 6 heteroatoms. The molecule has 0 spiro atoms. The number of aromatic nitrogens is 4. The van der Waals surface area contributed by atoms with Crippen molar-refractivity contribution in [2.45, 2.75) is 6.92 Å². The highest BCUT2D eigenvalue weighted by Gasteiger charge is 2.11. The third-order valence-corrected chi connectivity index (χ3v) is 2.10. The van der Waals surface area contributed by atoms with Crippen molar-refractivity contribution < 1.29 is 4.74 Å². The Morgan fingerprint density at radius 2 is 1.94 bits per heavy atom. The van der Waals surface area contributed by atoms with E-state index in [1.165, 1.54) is 7.11 Å².